The average molecular weight is 359 g/mol. The lowest BCUT2D eigenvalue weighted by atomic mass is 10.2. The molecule has 1 saturated carbocycles. The maximum Gasteiger partial charge on any atom is 0.136 e. The van der Waals surface area contributed by atoms with Crippen LogP contribution in [0, 0.1) is 5.92 Å². The van der Waals surface area contributed by atoms with Gasteiger partial charge in [0.2, 0.25) is 0 Å². The summed E-state index contributed by atoms with van der Waals surface area (Å²) in [5.74, 6) is 1.55. The molecule has 1 fully saturated rings. The number of rotatable bonds is 5. The summed E-state index contributed by atoms with van der Waals surface area (Å²) in [4.78, 5) is 4.00. The van der Waals surface area contributed by atoms with Crippen molar-refractivity contribution in [3.8, 4) is 5.75 Å². The van der Waals surface area contributed by atoms with E-state index in [4.69, 9.17) is 4.74 Å². The SMILES string of the molecule is Brc1c(OCc2ccncc2)ccc2c1nnn2CC1CC1. The van der Waals surface area contributed by atoms with Crippen LogP contribution in [0.4, 0.5) is 0 Å². The number of hydrogen-bond donors (Lipinski definition) is 0. The predicted octanol–water partition coefficient (Wildman–Crippen LogP) is 3.58. The van der Waals surface area contributed by atoms with E-state index in [-0.39, 0.29) is 0 Å². The van der Waals surface area contributed by atoms with Gasteiger partial charge in [-0.1, -0.05) is 5.21 Å². The van der Waals surface area contributed by atoms with Gasteiger partial charge in [0.05, 0.1) is 9.99 Å². The van der Waals surface area contributed by atoms with Crippen molar-refractivity contribution in [2.45, 2.75) is 26.0 Å². The maximum atomic E-state index is 5.88. The molecule has 0 N–H and O–H groups in total. The molecule has 5 nitrogen and oxygen atoms in total. The Labute approximate surface area is 136 Å². The molecule has 6 heteroatoms. The number of halogens is 1. The zero-order chi connectivity index (χ0) is 14.9. The largest absolute Gasteiger partial charge is 0.488 e. The van der Waals surface area contributed by atoms with Gasteiger partial charge in [-0.15, -0.1) is 5.10 Å². The Morgan fingerprint density at radius 1 is 1.18 bits per heavy atom. The first-order valence-corrected chi connectivity index (χ1v) is 8.14. The van der Waals surface area contributed by atoms with Crippen LogP contribution in [0.2, 0.25) is 0 Å². The summed E-state index contributed by atoms with van der Waals surface area (Å²) < 4.78 is 8.73. The highest BCUT2D eigenvalue weighted by atomic mass is 79.9. The molecule has 1 aromatic carbocycles. The second kappa shape index (κ2) is 5.68. The first-order chi connectivity index (χ1) is 10.8. The number of hydrogen-bond acceptors (Lipinski definition) is 4. The molecule has 22 heavy (non-hydrogen) atoms. The lowest BCUT2D eigenvalue weighted by Crippen LogP contribution is -2.01. The summed E-state index contributed by atoms with van der Waals surface area (Å²) in [5.41, 5.74) is 2.99. The smallest absolute Gasteiger partial charge is 0.136 e. The molecule has 0 bridgehead atoms. The summed E-state index contributed by atoms with van der Waals surface area (Å²) in [6, 6.07) is 7.89. The lowest BCUT2D eigenvalue weighted by molar-refractivity contribution is 0.304. The fourth-order valence-corrected chi connectivity index (χ4v) is 2.95. The van der Waals surface area contributed by atoms with Gasteiger partial charge in [0.1, 0.15) is 17.9 Å². The molecule has 0 saturated heterocycles. The van der Waals surface area contributed by atoms with Crippen molar-refractivity contribution in [2.75, 3.05) is 0 Å². The minimum atomic E-state index is 0.503. The molecule has 4 rings (SSSR count). The van der Waals surface area contributed by atoms with Gasteiger partial charge in [-0.25, -0.2) is 4.68 Å². The summed E-state index contributed by atoms with van der Waals surface area (Å²) in [5, 5.41) is 8.56. The average Bonchev–Trinajstić information content (AvgIpc) is 3.27. The Kier molecular flexibility index (Phi) is 3.54. The van der Waals surface area contributed by atoms with Gasteiger partial charge in [-0.3, -0.25) is 4.98 Å². The number of benzene rings is 1. The monoisotopic (exact) mass is 358 g/mol. The van der Waals surface area contributed by atoms with E-state index in [0.717, 1.165) is 39.3 Å². The maximum absolute atomic E-state index is 5.88. The van der Waals surface area contributed by atoms with Crippen LogP contribution in [-0.2, 0) is 13.2 Å². The highest BCUT2D eigenvalue weighted by Crippen LogP contribution is 2.35. The third kappa shape index (κ3) is 2.70. The van der Waals surface area contributed by atoms with Crippen molar-refractivity contribution >= 4 is 27.0 Å². The zero-order valence-corrected chi connectivity index (χ0v) is 13.5. The van der Waals surface area contributed by atoms with Crippen LogP contribution in [0.5, 0.6) is 5.75 Å². The quantitative estimate of drug-likeness (QED) is 0.699. The van der Waals surface area contributed by atoms with E-state index in [1.807, 2.05) is 28.9 Å². The fourth-order valence-electron chi connectivity index (χ4n) is 2.42. The van der Waals surface area contributed by atoms with Crippen LogP contribution in [0.1, 0.15) is 18.4 Å². The van der Waals surface area contributed by atoms with Crippen molar-refractivity contribution in [1.29, 1.82) is 0 Å². The van der Waals surface area contributed by atoms with Crippen LogP contribution < -0.4 is 4.74 Å². The summed E-state index contributed by atoms with van der Waals surface area (Å²) in [7, 11) is 0. The molecule has 0 atom stereocenters. The normalized spacial score (nSPS) is 14.4. The Morgan fingerprint density at radius 3 is 2.77 bits per heavy atom. The Bertz CT molecular complexity index is 799. The number of aromatic nitrogens is 4. The van der Waals surface area contributed by atoms with Crippen molar-refractivity contribution in [2.24, 2.45) is 5.92 Å². The van der Waals surface area contributed by atoms with E-state index >= 15 is 0 Å². The highest BCUT2D eigenvalue weighted by molar-refractivity contribution is 9.10. The molecule has 0 spiro atoms. The predicted molar refractivity (Wildman–Crippen MR) is 86.5 cm³/mol. The molecule has 1 aliphatic rings. The standard InChI is InChI=1S/C16H15BrN4O/c17-15-14(22-10-12-5-7-18-8-6-12)4-3-13-16(15)19-20-21(13)9-11-1-2-11/h3-8,11H,1-2,9-10H2. The van der Waals surface area contributed by atoms with E-state index in [1.54, 1.807) is 12.4 Å². The summed E-state index contributed by atoms with van der Waals surface area (Å²) in [6.45, 7) is 1.46. The lowest BCUT2D eigenvalue weighted by Gasteiger charge is -2.08. The molecular formula is C16H15BrN4O. The fraction of sp³-hybridized carbons (Fsp3) is 0.312. The van der Waals surface area contributed by atoms with Crippen molar-refractivity contribution < 1.29 is 4.74 Å². The number of fused-ring (bicyclic) bond motifs is 1. The van der Waals surface area contributed by atoms with Gasteiger partial charge >= 0.3 is 0 Å². The topological polar surface area (TPSA) is 52.8 Å². The van der Waals surface area contributed by atoms with E-state index in [1.165, 1.54) is 12.8 Å². The van der Waals surface area contributed by atoms with Crippen LogP contribution in [0.3, 0.4) is 0 Å². The van der Waals surface area contributed by atoms with Gasteiger partial charge in [0, 0.05) is 18.9 Å². The molecular weight excluding hydrogens is 344 g/mol. The molecule has 0 amide bonds. The highest BCUT2D eigenvalue weighted by Gasteiger charge is 2.23. The molecule has 2 heterocycles. The van der Waals surface area contributed by atoms with E-state index in [9.17, 15) is 0 Å². The third-order valence-electron chi connectivity index (χ3n) is 3.86. The molecule has 112 valence electrons. The Balaban J connectivity index is 1.58. The molecule has 1 aliphatic carbocycles. The van der Waals surface area contributed by atoms with Crippen molar-refractivity contribution in [3.63, 3.8) is 0 Å². The zero-order valence-electron chi connectivity index (χ0n) is 11.9. The minimum Gasteiger partial charge on any atom is -0.488 e. The van der Waals surface area contributed by atoms with Gasteiger partial charge < -0.3 is 4.74 Å². The van der Waals surface area contributed by atoms with E-state index < -0.39 is 0 Å². The van der Waals surface area contributed by atoms with Gasteiger partial charge in [0.15, 0.2) is 0 Å². The van der Waals surface area contributed by atoms with Crippen molar-refractivity contribution in [3.05, 3.63) is 46.7 Å². The number of nitrogens with zero attached hydrogens (tertiary/aromatic N) is 4. The molecule has 0 unspecified atom stereocenters. The van der Waals surface area contributed by atoms with Crippen molar-refractivity contribution in [1.82, 2.24) is 20.0 Å². The number of pyridine rings is 1. The van der Waals surface area contributed by atoms with Crippen LogP contribution in [0.15, 0.2) is 41.1 Å². The van der Waals surface area contributed by atoms with E-state index in [2.05, 4.69) is 31.2 Å². The first-order valence-electron chi connectivity index (χ1n) is 7.34. The molecule has 0 aliphatic heterocycles. The van der Waals surface area contributed by atoms with Crippen LogP contribution in [0.25, 0.3) is 11.0 Å². The molecule has 2 aromatic heterocycles. The second-order valence-corrected chi connectivity index (χ2v) is 6.40. The Morgan fingerprint density at radius 2 is 2.00 bits per heavy atom. The third-order valence-corrected chi connectivity index (χ3v) is 4.63. The second-order valence-electron chi connectivity index (χ2n) is 5.60. The minimum absolute atomic E-state index is 0.503. The number of ether oxygens (including phenoxy) is 1. The van der Waals surface area contributed by atoms with Gasteiger partial charge in [-0.2, -0.15) is 0 Å². The van der Waals surface area contributed by atoms with Crippen LogP contribution >= 0.6 is 15.9 Å². The molecule has 0 radical (unpaired) electrons. The van der Waals surface area contributed by atoms with Gasteiger partial charge in [0.25, 0.3) is 0 Å². The Hall–Kier alpha value is -1.95. The summed E-state index contributed by atoms with van der Waals surface area (Å²) in [6.07, 6.45) is 6.13. The van der Waals surface area contributed by atoms with Gasteiger partial charge in [-0.05, 0) is 64.5 Å². The van der Waals surface area contributed by atoms with Crippen LogP contribution in [-0.4, -0.2) is 20.0 Å². The molecule has 3 aromatic rings. The summed E-state index contributed by atoms with van der Waals surface area (Å²) >= 11 is 3.60. The van der Waals surface area contributed by atoms with E-state index in [0.29, 0.717) is 6.61 Å². The first kappa shape index (κ1) is 13.7.